The van der Waals surface area contributed by atoms with Crippen molar-refractivity contribution in [3.63, 3.8) is 0 Å². The summed E-state index contributed by atoms with van der Waals surface area (Å²) in [6.45, 7) is 5.73. The number of carbonyl (C=O) groups is 2. The molecule has 1 saturated heterocycles. The second kappa shape index (κ2) is 8.46. The maximum absolute atomic E-state index is 12.7. The van der Waals surface area contributed by atoms with Gasteiger partial charge in [0.1, 0.15) is 11.4 Å². The highest BCUT2D eigenvalue weighted by atomic mass is 16.5. The number of nitrogens with zero attached hydrogens (tertiary/aromatic N) is 2. The maximum Gasteiger partial charge on any atom is 0.225 e. The number of benzene rings is 1. The lowest BCUT2D eigenvalue weighted by Crippen LogP contribution is -2.46. The van der Waals surface area contributed by atoms with Crippen molar-refractivity contribution in [1.29, 1.82) is 0 Å². The Morgan fingerprint density at radius 2 is 2.17 bits per heavy atom. The van der Waals surface area contributed by atoms with E-state index in [1.54, 1.807) is 11.1 Å². The van der Waals surface area contributed by atoms with Gasteiger partial charge in [-0.15, -0.1) is 0 Å². The molecule has 158 valence electrons. The average molecular weight is 408 g/mol. The molecular formula is C24H29N3O3. The number of amides is 2. The highest BCUT2D eigenvalue weighted by Gasteiger charge is 2.31. The largest absolute Gasteiger partial charge is 0.487 e. The Kier molecular flexibility index (Phi) is 5.75. The molecule has 3 heterocycles. The van der Waals surface area contributed by atoms with Crippen molar-refractivity contribution >= 4 is 11.8 Å². The van der Waals surface area contributed by atoms with Crippen molar-refractivity contribution in [2.24, 2.45) is 5.92 Å². The van der Waals surface area contributed by atoms with Crippen LogP contribution in [0.25, 0.3) is 0 Å². The minimum Gasteiger partial charge on any atom is -0.487 e. The summed E-state index contributed by atoms with van der Waals surface area (Å²) in [6, 6.07) is 11.9. The Morgan fingerprint density at radius 1 is 1.30 bits per heavy atom. The third-order valence-electron chi connectivity index (χ3n) is 5.83. The normalized spacial score (nSPS) is 19.9. The van der Waals surface area contributed by atoms with Gasteiger partial charge in [-0.05, 0) is 49.6 Å². The summed E-state index contributed by atoms with van der Waals surface area (Å²) in [6.07, 6.45) is 4.37. The molecule has 6 nitrogen and oxygen atoms in total. The van der Waals surface area contributed by atoms with Gasteiger partial charge in [0.15, 0.2) is 0 Å². The number of piperidine rings is 1. The highest BCUT2D eigenvalue weighted by Crippen LogP contribution is 2.35. The van der Waals surface area contributed by atoms with E-state index >= 15 is 0 Å². The van der Waals surface area contributed by atoms with Crippen LogP contribution in [-0.2, 0) is 29.0 Å². The Balaban J connectivity index is 1.30. The predicted molar refractivity (Wildman–Crippen MR) is 114 cm³/mol. The van der Waals surface area contributed by atoms with Crippen molar-refractivity contribution in [2.45, 2.75) is 51.7 Å². The zero-order valence-corrected chi connectivity index (χ0v) is 17.7. The van der Waals surface area contributed by atoms with Crippen molar-refractivity contribution in [2.75, 3.05) is 13.1 Å². The van der Waals surface area contributed by atoms with Gasteiger partial charge in [0.05, 0.1) is 5.92 Å². The van der Waals surface area contributed by atoms with E-state index in [0.29, 0.717) is 38.9 Å². The molecule has 0 radical (unpaired) electrons. The summed E-state index contributed by atoms with van der Waals surface area (Å²) in [5.74, 6) is 0.908. The van der Waals surface area contributed by atoms with Gasteiger partial charge in [-0.1, -0.05) is 18.2 Å². The molecule has 1 aromatic carbocycles. The van der Waals surface area contributed by atoms with Crippen LogP contribution in [0.15, 0.2) is 42.6 Å². The topological polar surface area (TPSA) is 71.5 Å². The zero-order chi connectivity index (χ0) is 21.1. The summed E-state index contributed by atoms with van der Waals surface area (Å²) < 4.78 is 5.92. The Morgan fingerprint density at radius 3 is 2.97 bits per heavy atom. The standard InChI is InChI=1S/C24H29N3O3/c1-24(2)14-19-13-17(6-8-21(19)30-24)15-26-23(29)18-7-9-22(28)27(16-18)12-10-20-5-3-4-11-25-20/h3-6,8,11,13,18H,7,9-10,12,14-16H2,1-2H3,(H,26,29)/t18-/m1/s1. The second-order valence-electron chi connectivity index (χ2n) is 8.84. The molecule has 0 unspecified atom stereocenters. The van der Waals surface area contributed by atoms with E-state index in [9.17, 15) is 9.59 Å². The number of likely N-dealkylation sites (tertiary alicyclic amines) is 1. The molecule has 2 aliphatic heterocycles. The van der Waals surface area contributed by atoms with Crippen LogP contribution in [0.1, 0.15) is 43.5 Å². The fourth-order valence-electron chi connectivity index (χ4n) is 4.25. The van der Waals surface area contributed by atoms with Crippen molar-refractivity contribution in [3.05, 3.63) is 59.4 Å². The average Bonchev–Trinajstić information content (AvgIpc) is 3.05. The first-order chi connectivity index (χ1) is 14.4. The molecule has 0 aliphatic carbocycles. The molecule has 0 saturated carbocycles. The first-order valence-corrected chi connectivity index (χ1v) is 10.7. The number of rotatable bonds is 6. The van der Waals surface area contributed by atoms with Crippen molar-refractivity contribution in [3.8, 4) is 5.75 Å². The van der Waals surface area contributed by atoms with Gasteiger partial charge >= 0.3 is 0 Å². The van der Waals surface area contributed by atoms with E-state index in [2.05, 4.69) is 30.2 Å². The number of carbonyl (C=O) groups excluding carboxylic acids is 2. The SMILES string of the molecule is CC1(C)Cc2cc(CNC(=O)[C@@H]3CCC(=O)N(CCc4ccccn4)C3)ccc2O1. The fourth-order valence-corrected chi connectivity index (χ4v) is 4.25. The Hall–Kier alpha value is -2.89. The minimum atomic E-state index is -0.169. The molecule has 30 heavy (non-hydrogen) atoms. The van der Waals surface area contributed by atoms with E-state index in [1.165, 1.54) is 5.56 Å². The van der Waals surface area contributed by atoms with Crippen LogP contribution in [0.2, 0.25) is 0 Å². The second-order valence-corrected chi connectivity index (χ2v) is 8.84. The molecular weight excluding hydrogens is 378 g/mol. The molecule has 4 rings (SSSR count). The number of fused-ring (bicyclic) bond motifs is 1. The quantitative estimate of drug-likeness (QED) is 0.799. The van der Waals surface area contributed by atoms with Gasteiger partial charge in [-0.3, -0.25) is 14.6 Å². The third kappa shape index (κ3) is 4.81. The summed E-state index contributed by atoms with van der Waals surface area (Å²) in [5.41, 5.74) is 3.05. The van der Waals surface area contributed by atoms with Gasteiger partial charge in [0.25, 0.3) is 0 Å². The molecule has 0 spiro atoms. The van der Waals surface area contributed by atoms with Crippen LogP contribution in [-0.4, -0.2) is 40.4 Å². The number of ether oxygens (including phenoxy) is 1. The summed E-state index contributed by atoms with van der Waals surface area (Å²) in [7, 11) is 0. The van der Waals surface area contributed by atoms with E-state index in [0.717, 1.165) is 23.4 Å². The van der Waals surface area contributed by atoms with Gasteiger partial charge < -0.3 is 15.0 Å². The highest BCUT2D eigenvalue weighted by molar-refractivity contribution is 5.83. The van der Waals surface area contributed by atoms with Gasteiger partial charge in [-0.25, -0.2) is 0 Å². The number of pyridine rings is 1. The van der Waals surface area contributed by atoms with Crippen LogP contribution in [0.3, 0.4) is 0 Å². The molecule has 1 atom stereocenters. The van der Waals surface area contributed by atoms with Crippen LogP contribution < -0.4 is 10.1 Å². The number of aromatic nitrogens is 1. The minimum absolute atomic E-state index is 0.0161. The third-order valence-corrected chi connectivity index (χ3v) is 5.83. The van der Waals surface area contributed by atoms with Crippen LogP contribution in [0.5, 0.6) is 5.75 Å². The van der Waals surface area contributed by atoms with E-state index in [4.69, 9.17) is 4.74 Å². The number of hydrogen-bond donors (Lipinski definition) is 1. The van der Waals surface area contributed by atoms with Crippen molar-refractivity contribution in [1.82, 2.24) is 15.2 Å². The number of hydrogen-bond acceptors (Lipinski definition) is 4. The molecule has 1 aromatic heterocycles. The van der Waals surface area contributed by atoms with Crippen LogP contribution >= 0.6 is 0 Å². The zero-order valence-electron chi connectivity index (χ0n) is 17.7. The van der Waals surface area contributed by atoms with Crippen LogP contribution in [0, 0.1) is 5.92 Å². The van der Waals surface area contributed by atoms with Gasteiger partial charge in [-0.2, -0.15) is 0 Å². The molecule has 2 aliphatic rings. The first-order valence-electron chi connectivity index (χ1n) is 10.7. The first kappa shape index (κ1) is 20.4. The lowest BCUT2D eigenvalue weighted by Gasteiger charge is -2.32. The lowest BCUT2D eigenvalue weighted by molar-refractivity contribution is -0.138. The molecule has 0 bridgehead atoms. The fraction of sp³-hybridized carbons (Fsp3) is 0.458. The lowest BCUT2D eigenvalue weighted by atomic mass is 9.96. The smallest absolute Gasteiger partial charge is 0.225 e. The van der Waals surface area contributed by atoms with Gasteiger partial charge in [0.2, 0.25) is 11.8 Å². The molecule has 1 fully saturated rings. The Bertz CT molecular complexity index is 927. The molecule has 2 amide bonds. The Labute approximate surface area is 177 Å². The molecule has 1 N–H and O–H groups in total. The summed E-state index contributed by atoms with van der Waals surface area (Å²) in [5, 5.41) is 3.06. The van der Waals surface area contributed by atoms with E-state index in [-0.39, 0.29) is 23.3 Å². The molecule has 2 aromatic rings. The molecule has 6 heteroatoms. The van der Waals surface area contributed by atoms with E-state index < -0.39 is 0 Å². The monoisotopic (exact) mass is 407 g/mol. The maximum atomic E-state index is 12.7. The summed E-state index contributed by atoms with van der Waals surface area (Å²) in [4.78, 5) is 31.2. The summed E-state index contributed by atoms with van der Waals surface area (Å²) >= 11 is 0. The van der Waals surface area contributed by atoms with Gasteiger partial charge in [0, 0.05) is 50.8 Å². The van der Waals surface area contributed by atoms with Crippen LogP contribution in [0.4, 0.5) is 0 Å². The van der Waals surface area contributed by atoms with E-state index in [1.807, 2.05) is 30.3 Å². The predicted octanol–water partition coefficient (Wildman–Crippen LogP) is 2.89. The van der Waals surface area contributed by atoms with Crippen molar-refractivity contribution < 1.29 is 14.3 Å². The number of nitrogens with one attached hydrogen (secondary N) is 1.